The summed E-state index contributed by atoms with van der Waals surface area (Å²) >= 11 is 0. The smallest absolute Gasteiger partial charge is 0.119 e. The zero-order valence-electron chi connectivity index (χ0n) is 8.32. The van der Waals surface area contributed by atoms with E-state index in [1.807, 2.05) is 24.3 Å². The van der Waals surface area contributed by atoms with Crippen LogP contribution in [-0.4, -0.2) is 19.8 Å². The van der Waals surface area contributed by atoms with Crippen molar-refractivity contribution in [1.82, 2.24) is 0 Å². The molecule has 2 radical (unpaired) electrons. The number of hydrogen-bond donors (Lipinski definition) is 0. The summed E-state index contributed by atoms with van der Waals surface area (Å²) in [6.07, 6.45) is 0. The van der Waals surface area contributed by atoms with Crippen LogP contribution in [0.5, 0.6) is 5.75 Å². The molecule has 0 amide bonds. The van der Waals surface area contributed by atoms with Crippen molar-refractivity contribution >= 4 is 0 Å². The first kappa shape index (κ1) is 9.53. The molecule has 0 aliphatic carbocycles. The maximum Gasteiger partial charge on any atom is 0.119 e. The van der Waals surface area contributed by atoms with E-state index < -0.39 is 0 Å². The quantitative estimate of drug-likeness (QED) is 0.727. The summed E-state index contributed by atoms with van der Waals surface area (Å²) in [7, 11) is 0. The molecule has 1 aromatic rings. The summed E-state index contributed by atoms with van der Waals surface area (Å²) in [5.74, 6) is 0.832. The van der Waals surface area contributed by atoms with Crippen LogP contribution in [0.1, 0.15) is 12.5 Å². The van der Waals surface area contributed by atoms with Gasteiger partial charge in [0.1, 0.15) is 5.75 Å². The van der Waals surface area contributed by atoms with Crippen molar-refractivity contribution in [2.24, 2.45) is 5.41 Å². The van der Waals surface area contributed by atoms with Crippen LogP contribution in [-0.2, 0) is 4.74 Å². The summed E-state index contributed by atoms with van der Waals surface area (Å²) in [5, 5.41) is 0. The Hall–Kier alpha value is -1.02. The van der Waals surface area contributed by atoms with E-state index >= 15 is 0 Å². The minimum absolute atomic E-state index is 0.185. The van der Waals surface area contributed by atoms with Crippen molar-refractivity contribution in [2.45, 2.75) is 6.92 Å². The first-order chi connectivity index (χ1) is 6.68. The highest BCUT2D eigenvalue weighted by molar-refractivity contribution is 5.29. The molecule has 1 fully saturated rings. The van der Waals surface area contributed by atoms with Crippen LogP contribution in [0.25, 0.3) is 0 Å². The summed E-state index contributed by atoms with van der Waals surface area (Å²) in [6, 6.07) is 7.49. The fourth-order valence-electron chi connectivity index (χ4n) is 1.40. The van der Waals surface area contributed by atoms with Gasteiger partial charge in [0.25, 0.3) is 0 Å². The van der Waals surface area contributed by atoms with Gasteiger partial charge in [-0.3, -0.25) is 0 Å². The van der Waals surface area contributed by atoms with E-state index in [0.29, 0.717) is 6.61 Å². The monoisotopic (exact) mass is 190 g/mol. The van der Waals surface area contributed by atoms with Crippen molar-refractivity contribution in [3.63, 3.8) is 0 Å². The van der Waals surface area contributed by atoms with Crippen molar-refractivity contribution in [3.05, 3.63) is 36.8 Å². The number of rotatable bonds is 3. The number of hydrogen-bond acceptors (Lipinski definition) is 2. The Labute approximate surface area is 84.8 Å². The molecule has 0 spiro atoms. The van der Waals surface area contributed by atoms with E-state index in [2.05, 4.69) is 6.92 Å². The highest BCUT2D eigenvalue weighted by Crippen LogP contribution is 2.27. The van der Waals surface area contributed by atoms with Crippen molar-refractivity contribution in [3.8, 4) is 5.75 Å². The van der Waals surface area contributed by atoms with Crippen molar-refractivity contribution in [2.75, 3.05) is 19.8 Å². The molecular formula is C12H14O2. The van der Waals surface area contributed by atoms with Gasteiger partial charge in [-0.05, 0) is 24.6 Å². The van der Waals surface area contributed by atoms with E-state index in [1.165, 1.54) is 0 Å². The van der Waals surface area contributed by atoms with Crippen LogP contribution in [0.2, 0.25) is 0 Å². The molecule has 0 unspecified atom stereocenters. The van der Waals surface area contributed by atoms with Gasteiger partial charge in [-0.2, -0.15) is 0 Å². The number of ether oxygens (including phenoxy) is 2. The third-order valence-electron chi connectivity index (χ3n) is 2.35. The summed E-state index contributed by atoms with van der Waals surface area (Å²) in [5.41, 5.74) is 0.919. The zero-order valence-corrected chi connectivity index (χ0v) is 8.32. The van der Waals surface area contributed by atoms with Crippen LogP contribution in [0, 0.1) is 12.3 Å². The summed E-state index contributed by atoms with van der Waals surface area (Å²) in [6.45, 7) is 10.1. The second-order valence-electron chi connectivity index (χ2n) is 4.16. The molecule has 2 heteroatoms. The Morgan fingerprint density at radius 2 is 2.29 bits per heavy atom. The highest BCUT2D eigenvalue weighted by Gasteiger charge is 2.34. The Kier molecular flexibility index (Phi) is 2.46. The van der Waals surface area contributed by atoms with Crippen molar-refractivity contribution < 1.29 is 9.47 Å². The van der Waals surface area contributed by atoms with Gasteiger partial charge in [-0.15, -0.1) is 0 Å². The van der Waals surface area contributed by atoms with Crippen LogP contribution < -0.4 is 4.74 Å². The topological polar surface area (TPSA) is 18.5 Å². The summed E-state index contributed by atoms with van der Waals surface area (Å²) < 4.78 is 10.8. The van der Waals surface area contributed by atoms with E-state index in [9.17, 15) is 0 Å². The van der Waals surface area contributed by atoms with Gasteiger partial charge in [0.05, 0.1) is 19.8 Å². The van der Waals surface area contributed by atoms with Gasteiger partial charge in [0.2, 0.25) is 0 Å². The van der Waals surface area contributed by atoms with Crippen LogP contribution >= 0.6 is 0 Å². The van der Waals surface area contributed by atoms with E-state index in [-0.39, 0.29) is 5.41 Å². The maximum atomic E-state index is 5.64. The Bertz CT molecular complexity index is 316. The molecule has 0 aromatic heterocycles. The van der Waals surface area contributed by atoms with Crippen LogP contribution in [0.4, 0.5) is 0 Å². The molecular weight excluding hydrogens is 176 g/mol. The van der Waals surface area contributed by atoms with Crippen LogP contribution in [0.3, 0.4) is 0 Å². The molecule has 0 bridgehead atoms. The Morgan fingerprint density at radius 3 is 2.86 bits per heavy atom. The molecule has 0 atom stereocenters. The minimum atomic E-state index is 0.185. The molecule has 74 valence electrons. The molecule has 1 saturated heterocycles. The lowest BCUT2D eigenvalue weighted by molar-refractivity contribution is -0.120. The SMILES string of the molecule is [CH]c1cccc(OCC2(C)COC2)c1. The normalized spacial score (nSPS) is 18.7. The predicted octanol–water partition coefficient (Wildman–Crippen LogP) is 2.16. The molecule has 1 aliphatic rings. The molecule has 1 aliphatic heterocycles. The van der Waals surface area contributed by atoms with Gasteiger partial charge in [0.15, 0.2) is 0 Å². The molecule has 0 saturated carbocycles. The van der Waals surface area contributed by atoms with Crippen LogP contribution in [0.15, 0.2) is 24.3 Å². The van der Waals surface area contributed by atoms with Gasteiger partial charge >= 0.3 is 0 Å². The lowest BCUT2D eigenvalue weighted by atomic mass is 9.90. The molecule has 2 nitrogen and oxygen atoms in total. The molecule has 1 heterocycles. The standard InChI is InChI=1S/C12H14O2/c1-10-4-3-5-11(6-10)14-9-12(2)7-13-8-12/h1,3-6H,7-9H2,2H3. The minimum Gasteiger partial charge on any atom is -0.493 e. The lowest BCUT2D eigenvalue weighted by Gasteiger charge is -2.37. The first-order valence-electron chi connectivity index (χ1n) is 4.74. The number of benzene rings is 1. The van der Waals surface area contributed by atoms with Gasteiger partial charge < -0.3 is 9.47 Å². The maximum absolute atomic E-state index is 5.64. The Balaban J connectivity index is 1.91. The largest absolute Gasteiger partial charge is 0.493 e. The highest BCUT2D eigenvalue weighted by atomic mass is 16.5. The van der Waals surface area contributed by atoms with Gasteiger partial charge in [-0.1, -0.05) is 19.1 Å². The average molecular weight is 190 g/mol. The Morgan fingerprint density at radius 1 is 1.50 bits per heavy atom. The van der Waals surface area contributed by atoms with Gasteiger partial charge in [0, 0.05) is 5.41 Å². The van der Waals surface area contributed by atoms with Gasteiger partial charge in [-0.25, -0.2) is 0 Å². The van der Waals surface area contributed by atoms with E-state index in [1.54, 1.807) is 0 Å². The average Bonchev–Trinajstić information content (AvgIpc) is 2.12. The van der Waals surface area contributed by atoms with E-state index in [4.69, 9.17) is 16.4 Å². The first-order valence-corrected chi connectivity index (χ1v) is 4.74. The second-order valence-corrected chi connectivity index (χ2v) is 4.16. The zero-order chi connectivity index (χ0) is 10.0. The van der Waals surface area contributed by atoms with E-state index in [0.717, 1.165) is 24.5 Å². The second kappa shape index (κ2) is 3.62. The lowest BCUT2D eigenvalue weighted by Crippen LogP contribution is -2.44. The molecule has 0 N–H and O–H groups in total. The van der Waals surface area contributed by atoms with Crippen molar-refractivity contribution in [1.29, 1.82) is 0 Å². The third-order valence-corrected chi connectivity index (χ3v) is 2.35. The summed E-state index contributed by atoms with van der Waals surface area (Å²) in [4.78, 5) is 0. The molecule has 2 rings (SSSR count). The fourth-order valence-corrected chi connectivity index (χ4v) is 1.40. The molecule has 14 heavy (non-hydrogen) atoms. The predicted molar refractivity (Wildman–Crippen MR) is 54.3 cm³/mol. The third kappa shape index (κ3) is 2.07. The fraction of sp³-hybridized carbons (Fsp3) is 0.417. The molecule has 1 aromatic carbocycles.